The summed E-state index contributed by atoms with van der Waals surface area (Å²) in [6.07, 6.45) is -0.265. The number of aliphatic imine (C=N–C) groups is 1. The third-order valence-corrected chi connectivity index (χ3v) is 4.96. The summed E-state index contributed by atoms with van der Waals surface area (Å²) in [5, 5.41) is 25.5. The first-order chi connectivity index (χ1) is 16.9. The van der Waals surface area contributed by atoms with E-state index < -0.39 is 60.2 Å². The highest BCUT2D eigenvalue weighted by molar-refractivity contribution is 5.94. The van der Waals surface area contributed by atoms with E-state index in [4.69, 9.17) is 22.3 Å². The van der Waals surface area contributed by atoms with E-state index in [2.05, 4.69) is 20.9 Å². The largest absolute Gasteiger partial charge is 0.481 e. The van der Waals surface area contributed by atoms with Crippen LogP contribution in [0.2, 0.25) is 0 Å². The van der Waals surface area contributed by atoms with Gasteiger partial charge in [-0.2, -0.15) is 0 Å². The molecule has 0 aliphatic rings. The van der Waals surface area contributed by atoms with Gasteiger partial charge in [-0.05, 0) is 25.3 Å². The molecule has 0 aromatic heterocycles. The lowest BCUT2D eigenvalue weighted by Crippen LogP contribution is -2.57. The summed E-state index contributed by atoms with van der Waals surface area (Å²) in [6.45, 7) is 1.51. The van der Waals surface area contributed by atoms with E-state index in [0.29, 0.717) is 5.56 Å². The Morgan fingerprint density at radius 3 is 2.08 bits per heavy atom. The Hall–Kier alpha value is -4.20. The lowest BCUT2D eigenvalue weighted by atomic mass is 10.0. The molecule has 11 N–H and O–H groups in total. The quantitative estimate of drug-likeness (QED) is 0.0712. The number of carbonyl (C=O) groups excluding carboxylic acids is 3. The maximum absolute atomic E-state index is 13.0. The Bertz CT molecular complexity index is 951. The average Bonchev–Trinajstić information content (AvgIpc) is 2.80. The zero-order chi connectivity index (χ0) is 27.3. The van der Waals surface area contributed by atoms with Crippen LogP contribution in [0.1, 0.15) is 31.7 Å². The van der Waals surface area contributed by atoms with Gasteiger partial charge in [0.25, 0.3) is 0 Å². The van der Waals surface area contributed by atoms with E-state index in [0.717, 1.165) is 0 Å². The number of benzene rings is 1. The first-order valence-corrected chi connectivity index (χ1v) is 11.1. The van der Waals surface area contributed by atoms with E-state index in [1.165, 1.54) is 6.92 Å². The highest BCUT2D eigenvalue weighted by Crippen LogP contribution is 2.06. The topological polar surface area (TPSA) is 252 Å². The number of amides is 3. The van der Waals surface area contributed by atoms with Crippen LogP contribution in [-0.2, 0) is 30.4 Å². The summed E-state index contributed by atoms with van der Waals surface area (Å²) in [5.74, 6) is -5.03. The van der Waals surface area contributed by atoms with Crippen molar-refractivity contribution in [2.45, 2.75) is 56.8 Å². The van der Waals surface area contributed by atoms with E-state index in [1.54, 1.807) is 30.3 Å². The minimum absolute atomic E-state index is 0.0395. The zero-order valence-corrected chi connectivity index (χ0v) is 19.8. The summed E-state index contributed by atoms with van der Waals surface area (Å²) in [7, 11) is 0. The predicted molar refractivity (Wildman–Crippen MR) is 129 cm³/mol. The molecule has 14 heteroatoms. The van der Waals surface area contributed by atoms with Gasteiger partial charge in [-0.1, -0.05) is 30.3 Å². The van der Waals surface area contributed by atoms with Gasteiger partial charge in [0, 0.05) is 13.0 Å². The van der Waals surface area contributed by atoms with Crippen molar-refractivity contribution >= 4 is 35.6 Å². The van der Waals surface area contributed by atoms with Crippen molar-refractivity contribution < 1.29 is 34.2 Å². The van der Waals surface area contributed by atoms with Crippen LogP contribution in [-0.4, -0.2) is 76.5 Å². The van der Waals surface area contributed by atoms with E-state index in [-0.39, 0.29) is 31.8 Å². The van der Waals surface area contributed by atoms with Crippen LogP contribution in [0.5, 0.6) is 0 Å². The maximum atomic E-state index is 13.0. The summed E-state index contributed by atoms with van der Waals surface area (Å²) in [4.78, 5) is 63.9. The van der Waals surface area contributed by atoms with Gasteiger partial charge in [0.15, 0.2) is 5.96 Å². The number of guanidine groups is 1. The Morgan fingerprint density at radius 2 is 1.53 bits per heavy atom. The minimum atomic E-state index is -1.36. The Labute approximate surface area is 207 Å². The predicted octanol–water partition coefficient (Wildman–Crippen LogP) is -2.36. The summed E-state index contributed by atoms with van der Waals surface area (Å²) in [6, 6.07) is 3.75. The van der Waals surface area contributed by atoms with Crippen molar-refractivity contribution in [2.24, 2.45) is 22.2 Å². The van der Waals surface area contributed by atoms with Gasteiger partial charge in [-0.25, -0.2) is 4.79 Å². The molecule has 0 saturated heterocycles. The van der Waals surface area contributed by atoms with Crippen LogP contribution in [0.25, 0.3) is 0 Å². The van der Waals surface area contributed by atoms with Crippen LogP contribution < -0.4 is 33.2 Å². The molecule has 1 aromatic rings. The fourth-order valence-electron chi connectivity index (χ4n) is 3.06. The third kappa shape index (κ3) is 11.3. The summed E-state index contributed by atoms with van der Waals surface area (Å²) in [5.41, 5.74) is 16.7. The number of nitrogens with zero attached hydrogens (tertiary/aromatic N) is 1. The number of carboxylic acid groups (broad SMARTS) is 2. The van der Waals surface area contributed by atoms with E-state index >= 15 is 0 Å². The number of nitrogens with two attached hydrogens (primary N) is 3. The van der Waals surface area contributed by atoms with Gasteiger partial charge < -0.3 is 43.4 Å². The molecule has 0 aliphatic carbocycles. The van der Waals surface area contributed by atoms with Crippen LogP contribution >= 0.6 is 0 Å². The molecular formula is C22H33N7O7. The number of hydrogen-bond donors (Lipinski definition) is 8. The molecule has 36 heavy (non-hydrogen) atoms. The van der Waals surface area contributed by atoms with Gasteiger partial charge in [0.1, 0.15) is 18.1 Å². The number of rotatable bonds is 15. The van der Waals surface area contributed by atoms with Gasteiger partial charge in [0.2, 0.25) is 17.7 Å². The molecule has 198 valence electrons. The molecule has 1 rings (SSSR count). The number of aliphatic carboxylic acids is 2. The fourth-order valence-corrected chi connectivity index (χ4v) is 3.06. The second-order valence-electron chi connectivity index (χ2n) is 8.03. The Morgan fingerprint density at radius 1 is 0.917 bits per heavy atom. The van der Waals surface area contributed by atoms with Crippen molar-refractivity contribution in [3.05, 3.63) is 35.9 Å². The zero-order valence-electron chi connectivity index (χ0n) is 19.8. The molecule has 0 spiro atoms. The van der Waals surface area contributed by atoms with Crippen molar-refractivity contribution in [2.75, 3.05) is 6.54 Å². The number of carbonyl (C=O) groups is 5. The maximum Gasteiger partial charge on any atom is 0.326 e. The molecule has 0 fully saturated rings. The molecule has 0 saturated carbocycles. The standard InChI is InChI=1S/C22H33N7O7/c1-12(27-19(33)14(23)11-17(30)31)18(32)29-16(10-13-6-3-2-4-7-13)20(34)28-15(21(35)36)8-5-9-26-22(24)25/h2-4,6-7,12,14-16H,5,8-11,23H2,1H3,(H,27,33)(H,28,34)(H,29,32)(H,30,31)(H,35,36)(H4,24,25,26). The SMILES string of the molecule is CC(NC(=O)C(N)CC(=O)O)C(=O)NC(Cc1ccccc1)C(=O)NC(CCCN=C(N)N)C(=O)O. The first-order valence-electron chi connectivity index (χ1n) is 11.1. The van der Waals surface area contributed by atoms with Gasteiger partial charge in [-0.3, -0.25) is 24.2 Å². The van der Waals surface area contributed by atoms with Crippen LogP contribution in [0, 0.1) is 0 Å². The molecule has 0 bridgehead atoms. The second kappa shape index (κ2) is 14.9. The molecule has 1 aromatic carbocycles. The van der Waals surface area contributed by atoms with E-state index in [1.807, 2.05) is 0 Å². The normalized spacial score (nSPS) is 13.8. The van der Waals surface area contributed by atoms with Crippen LogP contribution in [0.15, 0.2) is 35.3 Å². The average molecular weight is 508 g/mol. The van der Waals surface area contributed by atoms with Crippen LogP contribution in [0.3, 0.4) is 0 Å². The smallest absolute Gasteiger partial charge is 0.326 e. The molecule has 0 heterocycles. The highest BCUT2D eigenvalue weighted by atomic mass is 16.4. The van der Waals surface area contributed by atoms with Crippen molar-refractivity contribution in [3.8, 4) is 0 Å². The lowest BCUT2D eigenvalue weighted by Gasteiger charge is -2.24. The number of carboxylic acids is 2. The summed E-state index contributed by atoms with van der Waals surface area (Å²) >= 11 is 0. The second-order valence-corrected chi connectivity index (χ2v) is 8.03. The lowest BCUT2D eigenvalue weighted by molar-refractivity contribution is -0.142. The third-order valence-electron chi connectivity index (χ3n) is 4.96. The van der Waals surface area contributed by atoms with Crippen molar-refractivity contribution in [3.63, 3.8) is 0 Å². The molecule has 14 nitrogen and oxygen atoms in total. The van der Waals surface area contributed by atoms with Crippen LogP contribution in [0.4, 0.5) is 0 Å². The molecule has 0 radical (unpaired) electrons. The van der Waals surface area contributed by atoms with Gasteiger partial charge >= 0.3 is 11.9 Å². The summed E-state index contributed by atoms with van der Waals surface area (Å²) < 4.78 is 0. The van der Waals surface area contributed by atoms with E-state index in [9.17, 15) is 29.1 Å². The van der Waals surface area contributed by atoms with Gasteiger partial charge in [0.05, 0.1) is 12.5 Å². The molecule has 0 aliphatic heterocycles. The molecule has 3 amide bonds. The fraction of sp³-hybridized carbons (Fsp3) is 0.455. The van der Waals surface area contributed by atoms with Crippen molar-refractivity contribution in [1.29, 1.82) is 0 Å². The Kier molecular flexibility index (Phi) is 12.4. The minimum Gasteiger partial charge on any atom is -0.481 e. The Balaban J connectivity index is 2.92. The molecular weight excluding hydrogens is 474 g/mol. The molecule has 4 unspecified atom stereocenters. The number of nitrogens with one attached hydrogen (secondary N) is 3. The number of hydrogen-bond acceptors (Lipinski definition) is 7. The first kappa shape index (κ1) is 29.8. The van der Waals surface area contributed by atoms with Gasteiger partial charge in [-0.15, -0.1) is 0 Å². The monoisotopic (exact) mass is 507 g/mol. The van der Waals surface area contributed by atoms with Crippen molar-refractivity contribution in [1.82, 2.24) is 16.0 Å². The molecule has 4 atom stereocenters. The highest BCUT2D eigenvalue weighted by Gasteiger charge is 2.29.